The molecule has 0 unspecified atom stereocenters. The van der Waals surface area contributed by atoms with Gasteiger partial charge in [0.05, 0.1) is 5.69 Å². The van der Waals surface area contributed by atoms with Crippen LogP contribution in [0.5, 0.6) is 0 Å². The van der Waals surface area contributed by atoms with Gasteiger partial charge in [0.15, 0.2) is 5.58 Å². The summed E-state index contributed by atoms with van der Waals surface area (Å²) in [5, 5.41) is 4.97. The second kappa shape index (κ2) is 8.96. The van der Waals surface area contributed by atoms with Gasteiger partial charge in [-0.1, -0.05) is 46.3 Å². The molecule has 1 heterocycles. The predicted octanol–water partition coefficient (Wildman–Crippen LogP) is 5.13. The van der Waals surface area contributed by atoms with Gasteiger partial charge in [0, 0.05) is 5.39 Å². The molecule has 0 amide bonds. The van der Waals surface area contributed by atoms with Gasteiger partial charge >= 0.3 is 0 Å². The molecular weight excluding hydrogens is 198 g/mol. The highest BCUT2D eigenvalue weighted by Gasteiger charge is 2.01. The molecule has 92 valence electrons. The van der Waals surface area contributed by atoms with E-state index >= 15 is 0 Å². The van der Waals surface area contributed by atoms with Crippen LogP contribution < -0.4 is 0 Å². The first kappa shape index (κ1) is 17.1. The molecule has 0 spiro atoms. The minimum Gasteiger partial charge on any atom is -0.356 e. The standard InChI is InChI=1S/C9H9NO.2C2H6.CH4/c1-6-3-4-8-7(2)10-11-9(8)5-6;2*1-2;/h3-5H,1-2H3;2*1-2H3;1H4. The van der Waals surface area contributed by atoms with Crippen molar-refractivity contribution < 1.29 is 4.52 Å². The summed E-state index contributed by atoms with van der Waals surface area (Å²) in [5.74, 6) is 0. The molecule has 0 bridgehead atoms. The lowest BCUT2D eigenvalue weighted by Crippen LogP contribution is -1.71. The maximum atomic E-state index is 5.08. The van der Waals surface area contributed by atoms with E-state index in [1.54, 1.807) is 0 Å². The summed E-state index contributed by atoms with van der Waals surface area (Å²) in [6.45, 7) is 12.0. The number of nitrogens with zero attached hydrogens (tertiary/aromatic N) is 1. The predicted molar refractivity (Wildman–Crippen MR) is 72.9 cm³/mol. The third kappa shape index (κ3) is 4.05. The number of aryl methyl sites for hydroxylation is 2. The Morgan fingerprint density at radius 2 is 1.56 bits per heavy atom. The third-order valence-electron chi connectivity index (χ3n) is 1.81. The van der Waals surface area contributed by atoms with Crippen molar-refractivity contribution >= 4 is 11.0 Å². The van der Waals surface area contributed by atoms with E-state index in [2.05, 4.69) is 11.2 Å². The van der Waals surface area contributed by atoms with Crippen molar-refractivity contribution in [3.63, 3.8) is 0 Å². The maximum Gasteiger partial charge on any atom is 0.167 e. The van der Waals surface area contributed by atoms with Crippen LogP contribution in [0, 0.1) is 13.8 Å². The van der Waals surface area contributed by atoms with Gasteiger partial charge in [-0.05, 0) is 31.5 Å². The Balaban J connectivity index is 0. The lowest BCUT2D eigenvalue weighted by atomic mass is 10.2. The maximum absolute atomic E-state index is 5.08. The molecule has 1 aromatic heterocycles. The summed E-state index contributed by atoms with van der Waals surface area (Å²) in [5.41, 5.74) is 3.04. The average molecular weight is 223 g/mol. The summed E-state index contributed by atoms with van der Waals surface area (Å²) in [7, 11) is 0. The molecule has 2 aromatic rings. The van der Waals surface area contributed by atoms with Crippen LogP contribution >= 0.6 is 0 Å². The normalized spacial score (nSPS) is 8.12. The highest BCUT2D eigenvalue weighted by molar-refractivity contribution is 5.79. The Labute approximate surface area is 99.7 Å². The number of hydrogen-bond donors (Lipinski definition) is 0. The second-order valence-electron chi connectivity index (χ2n) is 2.77. The molecule has 0 radical (unpaired) electrons. The molecule has 0 saturated heterocycles. The summed E-state index contributed by atoms with van der Waals surface area (Å²) in [6, 6.07) is 6.10. The number of aromatic nitrogens is 1. The molecule has 0 aliphatic carbocycles. The number of rotatable bonds is 0. The summed E-state index contributed by atoms with van der Waals surface area (Å²) < 4.78 is 5.08. The van der Waals surface area contributed by atoms with Crippen LogP contribution in [0.25, 0.3) is 11.0 Å². The molecule has 1 aromatic carbocycles. The Bertz CT molecular complexity index is 391. The molecule has 16 heavy (non-hydrogen) atoms. The van der Waals surface area contributed by atoms with Crippen molar-refractivity contribution in [2.75, 3.05) is 0 Å². The van der Waals surface area contributed by atoms with Gasteiger partial charge < -0.3 is 4.52 Å². The molecule has 2 rings (SSSR count). The lowest BCUT2D eigenvalue weighted by Gasteiger charge is -1.89. The summed E-state index contributed by atoms with van der Waals surface area (Å²) in [6.07, 6.45) is 0. The lowest BCUT2D eigenvalue weighted by molar-refractivity contribution is 0.450. The van der Waals surface area contributed by atoms with E-state index in [4.69, 9.17) is 4.52 Å². The van der Waals surface area contributed by atoms with Gasteiger partial charge in [0.1, 0.15) is 0 Å². The van der Waals surface area contributed by atoms with E-state index in [-0.39, 0.29) is 7.43 Å². The fraction of sp³-hybridized carbons (Fsp3) is 0.500. The molecule has 2 heteroatoms. The highest BCUT2D eigenvalue weighted by atomic mass is 16.5. The molecule has 0 fully saturated rings. The van der Waals surface area contributed by atoms with Crippen LogP contribution in [0.4, 0.5) is 0 Å². The van der Waals surface area contributed by atoms with Crippen molar-refractivity contribution in [1.82, 2.24) is 5.16 Å². The average Bonchev–Trinajstić information content (AvgIpc) is 2.65. The number of fused-ring (bicyclic) bond motifs is 1. The van der Waals surface area contributed by atoms with Gasteiger partial charge in [0.2, 0.25) is 0 Å². The first-order valence-electron chi connectivity index (χ1n) is 5.60. The molecule has 0 saturated carbocycles. The Hall–Kier alpha value is -1.31. The minimum atomic E-state index is 0. The zero-order valence-electron chi connectivity index (χ0n) is 10.6. The first-order valence-corrected chi connectivity index (χ1v) is 5.60. The van der Waals surface area contributed by atoms with Gasteiger partial charge in [-0.15, -0.1) is 0 Å². The zero-order chi connectivity index (χ0) is 11.8. The van der Waals surface area contributed by atoms with E-state index in [1.807, 2.05) is 53.7 Å². The molecule has 0 aliphatic heterocycles. The SMILES string of the molecule is C.CC.CC.Cc1ccc2c(C)noc2c1. The van der Waals surface area contributed by atoms with Crippen LogP contribution in [0.2, 0.25) is 0 Å². The zero-order valence-corrected chi connectivity index (χ0v) is 10.6. The van der Waals surface area contributed by atoms with Crippen LogP contribution in [0.3, 0.4) is 0 Å². The molecular formula is C14H25NO. The van der Waals surface area contributed by atoms with E-state index in [9.17, 15) is 0 Å². The quantitative estimate of drug-likeness (QED) is 0.618. The van der Waals surface area contributed by atoms with Gasteiger partial charge in [-0.3, -0.25) is 0 Å². The largest absolute Gasteiger partial charge is 0.356 e. The van der Waals surface area contributed by atoms with E-state index in [0.717, 1.165) is 16.7 Å². The van der Waals surface area contributed by atoms with Crippen LogP contribution in [-0.4, -0.2) is 5.16 Å². The van der Waals surface area contributed by atoms with E-state index in [1.165, 1.54) is 5.56 Å². The van der Waals surface area contributed by atoms with Gasteiger partial charge in [0.25, 0.3) is 0 Å². The fourth-order valence-electron chi connectivity index (χ4n) is 1.17. The molecule has 0 atom stereocenters. The Morgan fingerprint density at radius 3 is 2.12 bits per heavy atom. The Kier molecular flexibility index (Phi) is 9.57. The first-order chi connectivity index (χ1) is 7.27. The van der Waals surface area contributed by atoms with Crippen molar-refractivity contribution in [3.05, 3.63) is 29.5 Å². The van der Waals surface area contributed by atoms with E-state index < -0.39 is 0 Å². The minimum absolute atomic E-state index is 0. The summed E-state index contributed by atoms with van der Waals surface area (Å²) in [4.78, 5) is 0. The van der Waals surface area contributed by atoms with Crippen LogP contribution in [0.15, 0.2) is 22.7 Å². The smallest absolute Gasteiger partial charge is 0.167 e. The van der Waals surface area contributed by atoms with Gasteiger partial charge in [-0.25, -0.2) is 0 Å². The van der Waals surface area contributed by atoms with Crippen molar-refractivity contribution in [2.45, 2.75) is 49.0 Å². The second-order valence-corrected chi connectivity index (χ2v) is 2.77. The highest BCUT2D eigenvalue weighted by Crippen LogP contribution is 2.18. The molecule has 0 N–H and O–H groups in total. The van der Waals surface area contributed by atoms with Crippen molar-refractivity contribution in [3.8, 4) is 0 Å². The van der Waals surface area contributed by atoms with Crippen molar-refractivity contribution in [1.29, 1.82) is 0 Å². The third-order valence-corrected chi connectivity index (χ3v) is 1.81. The number of benzene rings is 1. The fourth-order valence-corrected chi connectivity index (χ4v) is 1.17. The Morgan fingerprint density at radius 1 is 1.00 bits per heavy atom. The van der Waals surface area contributed by atoms with Crippen molar-refractivity contribution in [2.24, 2.45) is 0 Å². The molecule has 2 nitrogen and oxygen atoms in total. The van der Waals surface area contributed by atoms with Crippen LogP contribution in [-0.2, 0) is 0 Å². The molecule has 0 aliphatic rings. The monoisotopic (exact) mass is 223 g/mol. The summed E-state index contributed by atoms with van der Waals surface area (Å²) >= 11 is 0. The van der Waals surface area contributed by atoms with Gasteiger partial charge in [-0.2, -0.15) is 0 Å². The van der Waals surface area contributed by atoms with E-state index in [0.29, 0.717) is 0 Å². The van der Waals surface area contributed by atoms with Crippen LogP contribution in [0.1, 0.15) is 46.4 Å². The topological polar surface area (TPSA) is 26.0 Å². The number of hydrogen-bond acceptors (Lipinski definition) is 2.